The third-order valence-electron chi connectivity index (χ3n) is 7.98. The molecule has 0 saturated heterocycles. The summed E-state index contributed by atoms with van der Waals surface area (Å²) in [5.41, 5.74) is -0.635. The summed E-state index contributed by atoms with van der Waals surface area (Å²) in [6.07, 6.45) is 8.74. The van der Waals surface area contributed by atoms with E-state index in [0.717, 1.165) is 25.7 Å². The predicted molar refractivity (Wildman–Crippen MR) is 100.0 cm³/mol. The Morgan fingerprint density at radius 1 is 1.20 bits per heavy atom. The van der Waals surface area contributed by atoms with Crippen LogP contribution < -0.4 is 0 Å². The third-order valence-corrected chi connectivity index (χ3v) is 7.98. The predicted octanol–water partition coefficient (Wildman–Crippen LogP) is 4.88. The van der Waals surface area contributed by atoms with Crippen molar-refractivity contribution in [1.82, 2.24) is 0 Å². The van der Waals surface area contributed by atoms with Gasteiger partial charge in [-0.3, -0.25) is 4.79 Å². The SMILES string of the molecule is C=C[C@]1(C)CC[C@H]2[C@@](O)(CC(OC(C)=O)[C@H]3C(C)(C)CCC[C@@]32C)C1. The summed E-state index contributed by atoms with van der Waals surface area (Å²) in [6.45, 7) is 14.7. The molecule has 3 saturated carbocycles. The van der Waals surface area contributed by atoms with Gasteiger partial charge in [-0.15, -0.1) is 6.58 Å². The summed E-state index contributed by atoms with van der Waals surface area (Å²) < 4.78 is 5.85. The second kappa shape index (κ2) is 5.84. The number of esters is 1. The highest BCUT2D eigenvalue weighted by Crippen LogP contribution is 2.66. The molecular formula is C22H36O3. The number of rotatable bonds is 2. The Hall–Kier alpha value is -0.830. The molecule has 0 heterocycles. The Bertz CT molecular complexity index is 568. The molecule has 0 aromatic heterocycles. The Kier molecular flexibility index (Phi) is 4.42. The summed E-state index contributed by atoms with van der Waals surface area (Å²) in [7, 11) is 0. The number of hydrogen-bond acceptors (Lipinski definition) is 3. The number of ether oxygens (including phenoxy) is 1. The first-order valence-corrected chi connectivity index (χ1v) is 9.99. The van der Waals surface area contributed by atoms with Crippen molar-refractivity contribution in [3.63, 3.8) is 0 Å². The Morgan fingerprint density at radius 2 is 1.88 bits per heavy atom. The lowest BCUT2D eigenvalue weighted by molar-refractivity contribution is -0.245. The molecular weight excluding hydrogens is 312 g/mol. The molecule has 3 fully saturated rings. The van der Waals surface area contributed by atoms with E-state index in [0.29, 0.717) is 12.3 Å². The van der Waals surface area contributed by atoms with Gasteiger partial charge >= 0.3 is 5.97 Å². The van der Waals surface area contributed by atoms with Gasteiger partial charge < -0.3 is 9.84 Å². The van der Waals surface area contributed by atoms with Crippen LogP contribution in [-0.4, -0.2) is 22.8 Å². The smallest absolute Gasteiger partial charge is 0.302 e. The molecule has 25 heavy (non-hydrogen) atoms. The molecule has 0 amide bonds. The minimum atomic E-state index is -0.764. The second-order valence-corrected chi connectivity index (χ2v) is 10.4. The quantitative estimate of drug-likeness (QED) is 0.571. The van der Waals surface area contributed by atoms with Crippen molar-refractivity contribution in [2.75, 3.05) is 0 Å². The van der Waals surface area contributed by atoms with E-state index in [1.165, 1.54) is 19.8 Å². The second-order valence-electron chi connectivity index (χ2n) is 10.4. The van der Waals surface area contributed by atoms with Gasteiger partial charge in [-0.05, 0) is 54.3 Å². The highest BCUT2D eigenvalue weighted by Gasteiger charge is 2.65. The van der Waals surface area contributed by atoms with Crippen LogP contribution in [-0.2, 0) is 9.53 Å². The molecule has 3 nitrogen and oxygen atoms in total. The molecule has 3 heteroatoms. The molecule has 0 aromatic carbocycles. The first kappa shape index (κ1) is 18.9. The number of allylic oxidation sites excluding steroid dienone is 1. The number of carbonyl (C=O) groups is 1. The lowest BCUT2D eigenvalue weighted by Gasteiger charge is -2.66. The van der Waals surface area contributed by atoms with Gasteiger partial charge in [-0.1, -0.05) is 40.2 Å². The first-order valence-electron chi connectivity index (χ1n) is 9.99. The summed E-state index contributed by atoms with van der Waals surface area (Å²) in [4.78, 5) is 11.8. The van der Waals surface area contributed by atoms with E-state index >= 15 is 0 Å². The maximum Gasteiger partial charge on any atom is 0.302 e. The van der Waals surface area contributed by atoms with E-state index in [9.17, 15) is 9.90 Å². The number of fused-ring (bicyclic) bond motifs is 3. The van der Waals surface area contributed by atoms with Crippen molar-refractivity contribution in [3.05, 3.63) is 12.7 Å². The molecule has 0 aromatic rings. The van der Waals surface area contributed by atoms with E-state index in [2.05, 4.69) is 34.3 Å². The molecule has 3 aliphatic carbocycles. The zero-order valence-electron chi connectivity index (χ0n) is 16.7. The van der Waals surface area contributed by atoms with E-state index < -0.39 is 5.60 Å². The number of carbonyl (C=O) groups excluding carboxylic acids is 1. The average Bonchev–Trinajstić information content (AvgIpc) is 2.43. The molecule has 0 bridgehead atoms. The van der Waals surface area contributed by atoms with Crippen LogP contribution in [0.15, 0.2) is 12.7 Å². The van der Waals surface area contributed by atoms with Crippen molar-refractivity contribution >= 4 is 5.97 Å². The van der Waals surface area contributed by atoms with Crippen LogP contribution in [0.5, 0.6) is 0 Å². The van der Waals surface area contributed by atoms with Crippen LogP contribution in [0, 0.1) is 28.1 Å². The van der Waals surface area contributed by atoms with Crippen LogP contribution in [0.25, 0.3) is 0 Å². The molecule has 0 radical (unpaired) electrons. The Labute approximate surface area is 153 Å². The van der Waals surface area contributed by atoms with Gasteiger partial charge in [0.2, 0.25) is 0 Å². The number of hydrogen-bond donors (Lipinski definition) is 1. The molecule has 1 N–H and O–H groups in total. The summed E-state index contributed by atoms with van der Waals surface area (Å²) >= 11 is 0. The fourth-order valence-corrected chi connectivity index (χ4v) is 7.22. The molecule has 0 aliphatic heterocycles. The van der Waals surface area contributed by atoms with Crippen LogP contribution in [0.1, 0.15) is 79.6 Å². The average molecular weight is 349 g/mol. The van der Waals surface area contributed by atoms with Crippen molar-refractivity contribution in [1.29, 1.82) is 0 Å². The normalized spacial score (nSPS) is 48.8. The van der Waals surface area contributed by atoms with Gasteiger partial charge in [0, 0.05) is 19.3 Å². The maximum absolute atomic E-state index is 11.8. The minimum Gasteiger partial charge on any atom is -0.462 e. The van der Waals surface area contributed by atoms with Crippen molar-refractivity contribution in [2.24, 2.45) is 28.1 Å². The molecule has 3 rings (SSSR count). The van der Waals surface area contributed by atoms with Gasteiger partial charge in [0.05, 0.1) is 5.60 Å². The van der Waals surface area contributed by atoms with E-state index in [-0.39, 0.29) is 34.2 Å². The topological polar surface area (TPSA) is 46.5 Å². The minimum absolute atomic E-state index is 0.0252. The Balaban J connectivity index is 2.05. The highest BCUT2D eigenvalue weighted by molar-refractivity contribution is 5.66. The van der Waals surface area contributed by atoms with Gasteiger partial charge in [0.15, 0.2) is 0 Å². The lowest BCUT2D eigenvalue weighted by atomic mass is 9.41. The van der Waals surface area contributed by atoms with E-state index in [4.69, 9.17) is 4.74 Å². The monoisotopic (exact) mass is 348 g/mol. The number of aliphatic hydroxyl groups is 1. The first-order chi connectivity index (χ1) is 11.5. The molecule has 6 atom stereocenters. The van der Waals surface area contributed by atoms with Crippen molar-refractivity contribution < 1.29 is 14.6 Å². The Morgan fingerprint density at radius 3 is 2.48 bits per heavy atom. The zero-order valence-corrected chi connectivity index (χ0v) is 16.7. The summed E-state index contributed by atoms with van der Waals surface area (Å²) in [6, 6.07) is 0. The van der Waals surface area contributed by atoms with Gasteiger partial charge in [-0.2, -0.15) is 0 Å². The third kappa shape index (κ3) is 2.97. The molecule has 1 unspecified atom stereocenters. The van der Waals surface area contributed by atoms with Gasteiger partial charge in [0.1, 0.15) is 6.10 Å². The lowest BCUT2D eigenvalue weighted by Crippen LogP contribution is -2.66. The zero-order chi connectivity index (χ0) is 18.7. The largest absolute Gasteiger partial charge is 0.462 e. The summed E-state index contributed by atoms with van der Waals surface area (Å²) in [5, 5.41) is 11.8. The standard InChI is InChI=1S/C22H36O3/c1-7-20(5)12-9-17-21(6)11-8-10-19(3,4)18(21)16(25-15(2)23)13-22(17,24)14-20/h7,16-18,24H,1,8-14H2,2-6H3/t16?,17-,18+,20-,21-,22-/m1/s1. The van der Waals surface area contributed by atoms with Crippen molar-refractivity contribution in [2.45, 2.75) is 91.3 Å². The molecule has 3 aliphatic rings. The fourth-order valence-electron chi connectivity index (χ4n) is 7.22. The maximum atomic E-state index is 11.8. The van der Waals surface area contributed by atoms with Gasteiger partial charge in [0.25, 0.3) is 0 Å². The van der Waals surface area contributed by atoms with E-state index in [1.807, 2.05) is 6.08 Å². The van der Waals surface area contributed by atoms with Gasteiger partial charge in [-0.25, -0.2) is 0 Å². The highest BCUT2D eigenvalue weighted by atomic mass is 16.5. The summed E-state index contributed by atoms with van der Waals surface area (Å²) in [5.74, 6) is 0.374. The van der Waals surface area contributed by atoms with E-state index in [1.54, 1.807) is 0 Å². The fraction of sp³-hybridized carbons (Fsp3) is 0.864. The van der Waals surface area contributed by atoms with Crippen LogP contribution in [0.3, 0.4) is 0 Å². The molecule has 0 spiro atoms. The van der Waals surface area contributed by atoms with Crippen LogP contribution in [0.4, 0.5) is 0 Å². The van der Waals surface area contributed by atoms with Crippen LogP contribution in [0.2, 0.25) is 0 Å². The molecule has 142 valence electrons. The van der Waals surface area contributed by atoms with Crippen LogP contribution >= 0.6 is 0 Å². The van der Waals surface area contributed by atoms with Crippen molar-refractivity contribution in [3.8, 4) is 0 Å².